The van der Waals surface area contributed by atoms with Crippen LogP contribution in [0.25, 0.3) is 5.69 Å². The van der Waals surface area contributed by atoms with Crippen LogP contribution in [-0.2, 0) is 0 Å². The van der Waals surface area contributed by atoms with Crippen molar-refractivity contribution < 1.29 is 4.79 Å². The van der Waals surface area contributed by atoms with Crippen molar-refractivity contribution in [2.75, 3.05) is 5.32 Å². The summed E-state index contributed by atoms with van der Waals surface area (Å²) in [5, 5.41) is 17.1. The Hall–Kier alpha value is -2.67. The Balaban J connectivity index is 1.96. The molecule has 3 aromatic rings. The van der Waals surface area contributed by atoms with Crippen LogP contribution in [0.2, 0.25) is 5.02 Å². The highest BCUT2D eigenvalue weighted by Crippen LogP contribution is 2.24. The molecule has 3 rings (SSSR count). The molecule has 0 aliphatic heterocycles. The van der Waals surface area contributed by atoms with E-state index in [4.69, 9.17) is 11.6 Å². The second-order valence-electron chi connectivity index (χ2n) is 3.92. The average Bonchev–Trinajstić information content (AvgIpc) is 3.12. The van der Waals surface area contributed by atoms with Crippen LogP contribution in [0.3, 0.4) is 0 Å². The van der Waals surface area contributed by atoms with Crippen molar-refractivity contribution in [1.29, 1.82) is 0 Å². The highest BCUT2D eigenvalue weighted by molar-refractivity contribution is 6.31. The summed E-state index contributed by atoms with van der Waals surface area (Å²) in [4.78, 5) is 12.0. The molecule has 0 saturated carbocycles. The van der Waals surface area contributed by atoms with E-state index < -0.39 is 0 Å². The van der Waals surface area contributed by atoms with E-state index in [-0.39, 0.29) is 11.6 Å². The molecule has 0 atom stereocenters. The first-order valence-corrected chi connectivity index (χ1v) is 6.08. The number of rotatable bonds is 3. The van der Waals surface area contributed by atoms with Crippen molar-refractivity contribution in [2.24, 2.45) is 0 Å². The maximum atomic E-state index is 12.0. The lowest BCUT2D eigenvalue weighted by molar-refractivity contribution is 0.102. The van der Waals surface area contributed by atoms with E-state index in [1.165, 1.54) is 6.20 Å². The molecule has 2 aromatic heterocycles. The number of carbonyl (C=O) groups excluding carboxylic acids is 1. The van der Waals surface area contributed by atoms with E-state index in [2.05, 4.69) is 25.8 Å². The van der Waals surface area contributed by atoms with Gasteiger partial charge in [-0.2, -0.15) is 20.5 Å². The molecule has 1 amide bonds. The molecule has 0 unspecified atom stereocenters. The first-order valence-electron chi connectivity index (χ1n) is 5.71. The molecule has 2 N–H and O–H groups in total. The van der Waals surface area contributed by atoms with Crippen LogP contribution < -0.4 is 5.32 Å². The number of hydrogen-bond acceptors (Lipinski definition) is 4. The molecule has 0 bridgehead atoms. The molecule has 100 valence electrons. The van der Waals surface area contributed by atoms with Gasteiger partial charge in [0, 0.05) is 17.4 Å². The summed E-state index contributed by atoms with van der Waals surface area (Å²) in [6.45, 7) is 0. The normalized spacial score (nSPS) is 10.4. The van der Waals surface area contributed by atoms with Gasteiger partial charge in [-0.3, -0.25) is 4.79 Å². The summed E-state index contributed by atoms with van der Waals surface area (Å²) >= 11 is 5.97. The molecular formula is C12H9ClN6O. The van der Waals surface area contributed by atoms with Gasteiger partial charge in [-0.15, -0.1) is 0 Å². The van der Waals surface area contributed by atoms with Crippen LogP contribution in [0, 0.1) is 0 Å². The molecule has 0 aliphatic rings. The fourth-order valence-electron chi connectivity index (χ4n) is 1.72. The molecule has 0 fully saturated rings. The predicted molar refractivity (Wildman–Crippen MR) is 72.9 cm³/mol. The Kier molecular flexibility index (Phi) is 3.18. The SMILES string of the molecule is O=C(Nc1cc(Cl)ccc1-n1cccn1)c1cn[nH]n1. The van der Waals surface area contributed by atoms with E-state index >= 15 is 0 Å². The minimum atomic E-state index is -0.380. The Morgan fingerprint density at radius 2 is 2.30 bits per heavy atom. The topological polar surface area (TPSA) is 88.5 Å². The van der Waals surface area contributed by atoms with Crippen LogP contribution in [0.4, 0.5) is 5.69 Å². The minimum Gasteiger partial charge on any atom is -0.319 e. The molecular weight excluding hydrogens is 280 g/mol. The maximum absolute atomic E-state index is 12.0. The first kappa shape index (κ1) is 12.4. The van der Waals surface area contributed by atoms with E-state index in [9.17, 15) is 4.79 Å². The monoisotopic (exact) mass is 288 g/mol. The Morgan fingerprint density at radius 3 is 3.00 bits per heavy atom. The molecule has 8 heteroatoms. The molecule has 0 radical (unpaired) electrons. The highest BCUT2D eigenvalue weighted by atomic mass is 35.5. The number of carbonyl (C=O) groups is 1. The third kappa shape index (κ3) is 2.39. The lowest BCUT2D eigenvalue weighted by Crippen LogP contribution is -2.14. The van der Waals surface area contributed by atoms with Gasteiger partial charge in [0.1, 0.15) is 0 Å². The third-order valence-corrected chi connectivity index (χ3v) is 2.84. The minimum absolute atomic E-state index is 0.191. The van der Waals surface area contributed by atoms with Gasteiger partial charge in [-0.05, 0) is 24.3 Å². The van der Waals surface area contributed by atoms with Gasteiger partial charge in [0.05, 0.1) is 17.6 Å². The van der Waals surface area contributed by atoms with Gasteiger partial charge in [-0.1, -0.05) is 11.6 Å². The molecule has 0 aliphatic carbocycles. The van der Waals surface area contributed by atoms with Gasteiger partial charge >= 0.3 is 0 Å². The zero-order valence-corrected chi connectivity index (χ0v) is 10.9. The van der Waals surface area contributed by atoms with Gasteiger partial charge in [0.25, 0.3) is 5.91 Å². The van der Waals surface area contributed by atoms with Gasteiger partial charge in [0.15, 0.2) is 5.69 Å². The lowest BCUT2D eigenvalue weighted by Gasteiger charge is -2.10. The summed E-state index contributed by atoms with van der Waals surface area (Å²) in [5.41, 5.74) is 1.43. The summed E-state index contributed by atoms with van der Waals surface area (Å²) in [7, 11) is 0. The highest BCUT2D eigenvalue weighted by Gasteiger charge is 2.13. The van der Waals surface area contributed by atoms with E-state index in [0.29, 0.717) is 16.4 Å². The van der Waals surface area contributed by atoms with Crippen molar-refractivity contribution >= 4 is 23.2 Å². The number of nitrogens with zero attached hydrogens (tertiary/aromatic N) is 4. The fourth-order valence-corrected chi connectivity index (χ4v) is 1.89. The second kappa shape index (κ2) is 5.14. The summed E-state index contributed by atoms with van der Waals surface area (Å²) < 4.78 is 1.63. The number of anilines is 1. The number of aromatic nitrogens is 5. The van der Waals surface area contributed by atoms with Crippen LogP contribution in [0.1, 0.15) is 10.5 Å². The number of aromatic amines is 1. The van der Waals surface area contributed by atoms with Gasteiger partial charge in [-0.25, -0.2) is 4.68 Å². The molecule has 20 heavy (non-hydrogen) atoms. The van der Waals surface area contributed by atoms with Crippen LogP contribution in [0.5, 0.6) is 0 Å². The average molecular weight is 289 g/mol. The number of nitrogens with one attached hydrogen (secondary N) is 2. The van der Waals surface area contributed by atoms with Crippen molar-refractivity contribution in [3.8, 4) is 5.69 Å². The zero-order valence-electron chi connectivity index (χ0n) is 10.1. The van der Waals surface area contributed by atoms with Gasteiger partial charge < -0.3 is 5.32 Å². The smallest absolute Gasteiger partial charge is 0.277 e. The summed E-state index contributed by atoms with van der Waals surface area (Å²) in [6, 6.07) is 6.94. The summed E-state index contributed by atoms with van der Waals surface area (Å²) in [5.74, 6) is -0.380. The van der Waals surface area contributed by atoms with Crippen molar-refractivity contribution in [2.45, 2.75) is 0 Å². The number of benzene rings is 1. The molecule has 2 heterocycles. The van der Waals surface area contributed by atoms with Crippen LogP contribution >= 0.6 is 11.6 Å². The predicted octanol–water partition coefficient (Wildman–Crippen LogP) is 1.90. The lowest BCUT2D eigenvalue weighted by atomic mass is 10.2. The quantitative estimate of drug-likeness (QED) is 0.770. The number of H-pyrrole nitrogens is 1. The Bertz CT molecular complexity index is 723. The number of halogens is 1. The van der Waals surface area contributed by atoms with E-state index in [1.807, 2.05) is 0 Å². The largest absolute Gasteiger partial charge is 0.319 e. The Labute approximate surface area is 118 Å². The van der Waals surface area contributed by atoms with Crippen LogP contribution in [-0.4, -0.2) is 31.1 Å². The molecule has 0 spiro atoms. The summed E-state index contributed by atoms with van der Waals surface area (Å²) in [6.07, 6.45) is 4.76. The maximum Gasteiger partial charge on any atom is 0.277 e. The molecule has 7 nitrogen and oxygen atoms in total. The van der Waals surface area contributed by atoms with Crippen molar-refractivity contribution in [3.05, 3.63) is 53.6 Å². The standard InChI is InChI=1S/C12H9ClN6O/c13-8-2-3-11(19-5-1-4-15-19)9(6-8)16-12(20)10-7-14-18-17-10/h1-7H,(H,16,20)(H,14,17,18). The van der Waals surface area contributed by atoms with Crippen molar-refractivity contribution in [3.63, 3.8) is 0 Å². The third-order valence-electron chi connectivity index (χ3n) is 2.61. The van der Waals surface area contributed by atoms with Crippen molar-refractivity contribution in [1.82, 2.24) is 25.2 Å². The first-order chi connectivity index (χ1) is 9.74. The molecule has 1 aromatic carbocycles. The number of hydrogen-bond donors (Lipinski definition) is 2. The number of amides is 1. The van der Waals surface area contributed by atoms with E-state index in [0.717, 1.165) is 0 Å². The zero-order chi connectivity index (χ0) is 13.9. The van der Waals surface area contributed by atoms with Gasteiger partial charge in [0.2, 0.25) is 0 Å². The fraction of sp³-hybridized carbons (Fsp3) is 0. The van der Waals surface area contributed by atoms with E-state index in [1.54, 1.807) is 41.3 Å². The second-order valence-corrected chi connectivity index (χ2v) is 4.36. The van der Waals surface area contributed by atoms with Crippen LogP contribution in [0.15, 0.2) is 42.9 Å². The molecule has 0 saturated heterocycles. The Morgan fingerprint density at radius 1 is 1.40 bits per heavy atom.